The number of pyridine rings is 1. The summed E-state index contributed by atoms with van der Waals surface area (Å²) in [5.41, 5.74) is -5.66. The zero-order chi connectivity index (χ0) is 20.2. The molecule has 0 saturated heterocycles. The van der Waals surface area contributed by atoms with Gasteiger partial charge in [0.05, 0.1) is 11.7 Å². The Labute approximate surface area is 154 Å². The van der Waals surface area contributed by atoms with Crippen molar-refractivity contribution in [3.63, 3.8) is 0 Å². The number of alkyl halides is 3. The molecule has 0 saturated carbocycles. The van der Waals surface area contributed by atoms with E-state index in [2.05, 4.69) is 10.3 Å². The van der Waals surface area contributed by atoms with Crippen LogP contribution in [0.5, 0.6) is 5.75 Å². The van der Waals surface area contributed by atoms with Crippen LogP contribution in [0.3, 0.4) is 0 Å². The van der Waals surface area contributed by atoms with Crippen LogP contribution in [-0.4, -0.2) is 30.9 Å². The average Bonchev–Trinajstić information content (AvgIpc) is 2.59. The van der Waals surface area contributed by atoms with E-state index < -0.39 is 31.8 Å². The molecule has 0 radical (unpaired) electrons. The van der Waals surface area contributed by atoms with Crippen molar-refractivity contribution in [3.8, 4) is 5.75 Å². The third-order valence-electron chi connectivity index (χ3n) is 3.35. The van der Waals surface area contributed by atoms with Gasteiger partial charge >= 0.3 is 5.51 Å². The van der Waals surface area contributed by atoms with Gasteiger partial charge in [0.25, 0.3) is 15.7 Å². The first-order valence-corrected chi connectivity index (χ1v) is 9.31. The molecule has 6 nitrogen and oxygen atoms in total. The van der Waals surface area contributed by atoms with E-state index in [-0.39, 0.29) is 12.6 Å². The van der Waals surface area contributed by atoms with Crippen LogP contribution < -0.4 is 10.1 Å². The highest BCUT2D eigenvalue weighted by atomic mass is 32.2. The van der Waals surface area contributed by atoms with Crippen LogP contribution in [0, 0.1) is 0 Å². The molecule has 1 amide bonds. The lowest BCUT2D eigenvalue weighted by atomic mass is 10.2. The summed E-state index contributed by atoms with van der Waals surface area (Å²) >= 11 is 0. The first-order chi connectivity index (χ1) is 12.5. The Hall–Kier alpha value is -2.62. The molecule has 0 spiro atoms. The van der Waals surface area contributed by atoms with E-state index in [0.29, 0.717) is 11.3 Å². The molecule has 0 atom stereocenters. The molecule has 0 aliphatic rings. The van der Waals surface area contributed by atoms with Gasteiger partial charge in [-0.1, -0.05) is 18.2 Å². The summed E-state index contributed by atoms with van der Waals surface area (Å²) in [7, 11) is -5.76. The molecule has 0 bridgehead atoms. The number of rotatable bonds is 6. The van der Waals surface area contributed by atoms with Crippen LogP contribution in [-0.2, 0) is 16.4 Å². The number of amides is 1. The van der Waals surface area contributed by atoms with Crippen molar-refractivity contribution in [2.24, 2.45) is 0 Å². The molecule has 0 fully saturated rings. The van der Waals surface area contributed by atoms with Gasteiger partial charge in [0.15, 0.2) is 5.03 Å². The summed E-state index contributed by atoms with van der Waals surface area (Å²) in [5.74, 6) is -0.493. The fourth-order valence-corrected chi connectivity index (χ4v) is 3.05. The number of carbonyl (C=O) groups excluding carboxylic acids is 1. The van der Waals surface area contributed by atoms with Crippen LogP contribution in [0.15, 0.2) is 47.6 Å². The largest absolute Gasteiger partial charge is 0.503 e. The molecule has 1 aromatic heterocycles. The van der Waals surface area contributed by atoms with Crippen molar-refractivity contribution >= 4 is 15.7 Å². The molecular weight excluding hydrogens is 385 g/mol. The van der Waals surface area contributed by atoms with E-state index in [9.17, 15) is 26.4 Å². The van der Waals surface area contributed by atoms with Crippen LogP contribution in [0.1, 0.15) is 29.8 Å². The normalized spacial score (nSPS) is 12.1. The number of aromatic nitrogens is 1. The first kappa shape index (κ1) is 20.7. The minimum atomic E-state index is -5.76. The van der Waals surface area contributed by atoms with Crippen LogP contribution in [0.2, 0.25) is 0 Å². The Morgan fingerprint density at radius 1 is 1.19 bits per heavy atom. The molecule has 1 heterocycles. The summed E-state index contributed by atoms with van der Waals surface area (Å²) in [6.07, 6.45) is 0.755. The van der Waals surface area contributed by atoms with Gasteiger partial charge in [0.1, 0.15) is 5.75 Å². The van der Waals surface area contributed by atoms with Gasteiger partial charge in [0, 0.05) is 18.3 Å². The maximum Gasteiger partial charge on any atom is 0.503 e. The van der Waals surface area contributed by atoms with Gasteiger partial charge in [-0.2, -0.15) is 13.2 Å². The van der Waals surface area contributed by atoms with Crippen LogP contribution >= 0.6 is 0 Å². The van der Waals surface area contributed by atoms with E-state index in [4.69, 9.17) is 4.74 Å². The monoisotopic (exact) mass is 402 g/mol. The second-order valence-electron chi connectivity index (χ2n) is 5.76. The smallest absolute Gasteiger partial charge is 0.491 e. The molecule has 1 N–H and O–H groups in total. The highest BCUT2D eigenvalue weighted by Crippen LogP contribution is 2.30. The Bertz CT molecular complexity index is 928. The van der Waals surface area contributed by atoms with Crippen molar-refractivity contribution in [2.75, 3.05) is 0 Å². The summed E-state index contributed by atoms with van der Waals surface area (Å²) in [6.45, 7) is 3.57. The van der Waals surface area contributed by atoms with E-state index in [0.717, 1.165) is 12.3 Å². The lowest BCUT2D eigenvalue weighted by Crippen LogP contribution is -2.30. The fraction of sp³-hybridized carbons (Fsp3) is 0.294. The minimum Gasteiger partial charge on any atom is -0.491 e. The number of carbonyl (C=O) groups is 1. The zero-order valence-electron chi connectivity index (χ0n) is 14.4. The number of halogens is 3. The number of benzene rings is 1. The van der Waals surface area contributed by atoms with E-state index >= 15 is 0 Å². The van der Waals surface area contributed by atoms with E-state index in [1.165, 1.54) is 6.07 Å². The molecule has 0 aliphatic carbocycles. The lowest BCUT2D eigenvalue weighted by molar-refractivity contribution is -0.0438. The van der Waals surface area contributed by atoms with Gasteiger partial charge in [-0.25, -0.2) is 13.4 Å². The minimum absolute atomic E-state index is 0.0673. The predicted octanol–water partition coefficient (Wildman–Crippen LogP) is 3.09. The predicted molar refractivity (Wildman–Crippen MR) is 90.9 cm³/mol. The van der Waals surface area contributed by atoms with Crippen LogP contribution in [0.25, 0.3) is 0 Å². The molecule has 0 unspecified atom stereocenters. The molecule has 2 aromatic rings. The van der Waals surface area contributed by atoms with E-state index in [1.54, 1.807) is 24.3 Å². The second kappa shape index (κ2) is 7.95. The Morgan fingerprint density at radius 2 is 1.85 bits per heavy atom. The number of nitrogens with zero attached hydrogens (tertiary/aromatic N) is 1. The van der Waals surface area contributed by atoms with Crippen molar-refractivity contribution in [1.29, 1.82) is 0 Å². The fourth-order valence-electron chi connectivity index (χ4n) is 2.18. The molecule has 2 rings (SSSR count). The second-order valence-corrected chi connectivity index (χ2v) is 7.62. The van der Waals surface area contributed by atoms with Gasteiger partial charge in [0.2, 0.25) is 0 Å². The Balaban J connectivity index is 2.27. The van der Waals surface area contributed by atoms with Gasteiger partial charge < -0.3 is 10.1 Å². The molecule has 1 aromatic carbocycles. The molecule has 27 heavy (non-hydrogen) atoms. The lowest BCUT2D eigenvalue weighted by Gasteiger charge is -2.15. The highest BCUT2D eigenvalue weighted by Gasteiger charge is 2.49. The molecular formula is C17H17F3N2O4S. The SMILES string of the molecule is CC(C)Oc1ccccc1CNC(=O)c1cccnc1S(=O)(=O)C(F)(F)F. The molecule has 146 valence electrons. The van der Waals surface area contributed by atoms with E-state index in [1.807, 2.05) is 13.8 Å². The van der Waals surface area contributed by atoms with Gasteiger partial charge in [-0.15, -0.1) is 0 Å². The van der Waals surface area contributed by atoms with Gasteiger partial charge in [-0.3, -0.25) is 4.79 Å². The van der Waals surface area contributed by atoms with Crippen LogP contribution in [0.4, 0.5) is 13.2 Å². The third-order valence-corrected chi connectivity index (χ3v) is 4.79. The number of nitrogens with one attached hydrogen (secondary N) is 1. The topological polar surface area (TPSA) is 85.4 Å². The Morgan fingerprint density at radius 3 is 2.48 bits per heavy atom. The number of hydrogen-bond acceptors (Lipinski definition) is 5. The standard InChI is InChI=1S/C17H17F3N2O4S/c1-11(2)26-14-8-4-3-6-12(14)10-22-15(23)13-7-5-9-21-16(13)27(24,25)17(18,19)20/h3-9,11H,10H2,1-2H3,(H,22,23). The summed E-state index contributed by atoms with van der Waals surface area (Å²) in [4.78, 5) is 15.6. The Kier molecular flexibility index (Phi) is 6.09. The van der Waals surface area contributed by atoms with Gasteiger partial charge in [-0.05, 0) is 32.0 Å². The third kappa shape index (κ3) is 4.76. The average molecular weight is 402 g/mol. The van der Waals surface area contributed by atoms with Crippen molar-refractivity contribution in [3.05, 3.63) is 53.7 Å². The number of ether oxygens (including phenoxy) is 1. The summed E-state index contributed by atoms with van der Waals surface area (Å²) in [6, 6.07) is 8.95. The molecule has 10 heteroatoms. The number of para-hydroxylation sites is 1. The number of sulfone groups is 1. The molecule has 0 aliphatic heterocycles. The zero-order valence-corrected chi connectivity index (χ0v) is 15.3. The highest BCUT2D eigenvalue weighted by molar-refractivity contribution is 7.92. The van der Waals surface area contributed by atoms with Crippen molar-refractivity contribution in [2.45, 2.75) is 37.0 Å². The quantitative estimate of drug-likeness (QED) is 0.803. The maximum absolute atomic E-state index is 12.8. The maximum atomic E-state index is 12.8. The summed E-state index contributed by atoms with van der Waals surface area (Å²) in [5, 5.41) is 1.07. The van der Waals surface area contributed by atoms with Crippen molar-refractivity contribution in [1.82, 2.24) is 10.3 Å². The number of hydrogen-bond donors (Lipinski definition) is 1. The first-order valence-electron chi connectivity index (χ1n) is 7.83. The van der Waals surface area contributed by atoms with Crippen molar-refractivity contribution < 1.29 is 31.1 Å². The summed E-state index contributed by atoms with van der Waals surface area (Å²) < 4.78 is 67.3.